The molecular formula is C24H21F4NO4. The molecule has 174 valence electrons. The molecule has 0 fully saturated rings. The Labute approximate surface area is 187 Å². The fourth-order valence-electron chi connectivity index (χ4n) is 3.19. The average Bonchev–Trinajstić information content (AvgIpc) is 2.77. The summed E-state index contributed by atoms with van der Waals surface area (Å²) in [5.41, 5.74) is -2.24. The predicted octanol–water partition coefficient (Wildman–Crippen LogP) is 5.56. The van der Waals surface area contributed by atoms with Gasteiger partial charge in [0.25, 0.3) is 5.91 Å². The molecule has 0 aliphatic carbocycles. The highest BCUT2D eigenvalue weighted by Crippen LogP contribution is 2.34. The summed E-state index contributed by atoms with van der Waals surface area (Å²) >= 11 is 0. The molecule has 33 heavy (non-hydrogen) atoms. The fraction of sp³-hybridized carbons (Fsp3) is 0.250. The highest BCUT2D eigenvalue weighted by molar-refractivity contribution is 6.05. The molecule has 0 saturated heterocycles. The van der Waals surface area contributed by atoms with Gasteiger partial charge in [0, 0.05) is 10.8 Å². The number of amides is 1. The number of alkyl halides is 3. The highest BCUT2D eigenvalue weighted by Gasteiger charge is 2.34. The van der Waals surface area contributed by atoms with Crippen LogP contribution in [0.3, 0.4) is 0 Å². The number of fused-ring (bicyclic) bond motifs is 1. The minimum atomic E-state index is -4.48. The molecule has 3 rings (SSSR count). The van der Waals surface area contributed by atoms with Crippen molar-refractivity contribution >= 4 is 22.6 Å². The lowest BCUT2D eigenvalue weighted by Crippen LogP contribution is -2.51. The molecule has 0 radical (unpaired) electrons. The molecule has 0 spiro atoms. The third-order valence-corrected chi connectivity index (χ3v) is 5.42. The van der Waals surface area contributed by atoms with Crippen LogP contribution in [-0.4, -0.2) is 22.5 Å². The Hall–Kier alpha value is -3.62. The van der Waals surface area contributed by atoms with Crippen molar-refractivity contribution < 1.29 is 37.0 Å². The molecule has 9 heteroatoms. The third kappa shape index (κ3) is 5.08. The lowest BCUT2D eigenvalue weighted by Gasteiger charge is -2.25. The normalized spacial score (nSPS) is 13.4. The molecule has 5 nitrogen and oxygen atoms in total. The van der Waals surface area contributed by atoms with Gasteiger partial charge in [-0.25, -0.2) is 9.18 Å². The molecule has 0 heterocycles. The number of nitrogens with one attached hydrogen (secondary N) is 1. The zero-order valence-electron chi connectivity index (χ0n) is 17.8. The molecule has 0 bridgehead atoms. The van der Waals surface area contributed by atoms with E-state index in [1.54, 1.807) is 19.1 Å². The van der Waals surface area contributed by atoms with E-state index in [1.807, 2.05) is 0 Å². The number of aliphatic carboxylic acids is 1. The number of hydrogen-bond donors (Lipinski definition) is 2. The maximum atomic E-state index is 14.7. The van der Waals surface area contributed by atoms with Gasteiger partial charge in [-0.2, -0.15) is 13.2 Å². The number of carbonyl (C=O) groups is 2. The van der Waals surface area contributed by atoms with Gasteiger partial charge in [-0.15, -0.1) is 0 Å². The molecular weight excluding hydrogens is 442 g/mol. The Morgan fingerprint density at radius 3 is 2.18 bits per heavy atom. The quantitative estimate of drug-likeness (QED) is 0.450. The van der Waals surface area contributed by atoms with Crippen LogP contribution >= 0.6 is 0 Å². The van der Waals surface area contributed by atoms with Gasteiger partial charge in [0.15, 0.2) is 0 Å². The van der Waals surface area contributed by atoms with Gasteiger partial charge < -0.3 is 15.2 Å². The van der Waals surface area contributed by atoms with Crippen LogP contribution in [0, 0.1) is 5.82 Å². The molecule has 2 N–H and O–H groups in total. The van der Waals surface area contributed by atoms with Crippen LogP contribution < -0.4 is 10.1 Å². The van der Waals surface area contributed by atoms with Crippen molar-refractivity contribution in [2.24, 2.45) is 0 Å². The topological polar surface area (TPSA) is 75.6 Å². The van der Waals surface area contributed by atoms with Crippen molar-refractivity contribution in [2.45, 2.75) is 38.6 Å². The van der Waals surface area contributed by atoms with Crippen molar-refractivity contribution in [3.63, 3.8) is 0 Å². The second-order valence-electron chi connectivity index (χ2n) is 7.71. The lowest BCUT2D eigenvalue weighted by molar-refractivity contribution is -0.144. The number of benzene rings is 3. The summed E-state index contributed by atoms with van der Waals surface area (Å²) in [5.74, 6) is -2.82. The first-order valence-corrected chi connectivity index (χ1v) is 10.0. The Morgan fingerprint density at radius 1 is 1.03 bits per heavy atom. The van der Waals surface area contributed by atoms with E-state index in [4.69, 9.17) is 4.74 Å². The summed E-state index contributed by atoms with van der Waals surface area (Å²) in [5, 5.41) is 12.3. The van der Waals surface area contributed by atoms with E-state index in [2.05, 4.69) is 5.32 Å². The number of halogens is 4. The van der Waals surface area contributed by atoms with Crippen LogP contribution in [0.1, 0.15) is 41.8 Å². The summed E-state index contributed by atoms with van der Waals surface area (Å²) in [7, 11) is 0. The Kier molecular flexibility index (Phi) is 6.62. The largest absolute Gasteiger partial charge is 0.487 e. The molecule has 1 amide bonds. The number of carboxylic acid groups (broad SMARTS) is 1. The van der Waals surface area contributed by atoms with E-state index in [0.29, 0.717) is 5.56 Å². The minimum Gasteiger partial charge on any atom is -0.487 e. The van der Waals surface area contributed by atoms with E-state index < -0.39 is 35.0 Å². The van der Waals surface area contributed by atoms with Gasteiger partial charge in [-0.1, -0.05) is 43.3 Å². The first-order chi connectivity index (χ1) is 15.5. The van der Waals surface area contributed by atoms with Gasteiger partial charge in [0.2, 0.25) is 0 Å². The summed E-state index contributed by atoms with van der Waals surface area (Å²) < 4.78 is 58.9. The fourth-order valence-corrected chi connectivity index (χ4v) is 3.19. The minimum absolute atomic E-state index is 0.00626. The van der Waals surface area contributed by atoms with Crippen LogP contribution in [0.4, 0.5) is 17.6 Å². The van der Waals surface area contributed by atoms with Crippen molar-refractivity contribution in [1.82, 2.24) is 5.32 Å². The van der Waals surface area contributed by atoms with Gasteiger partial charge >= 0.3 is 12.1 Å². The standard InChI is InChI=1S/C24H21F4NO4/c1-3-23(2,22(31)32)29-21(30)18-12-19(25)16-6-4-5-7-17(16)20(18)33-13-14-8-10-15(11-9-14)24(26,27)28/h4-12H,3,13H2,1-2H3,(H,29,30)(H,31,32)/t23-/m0/s1. The van der Waals surface area contributed by atoms with E-state index in [0.717, 1.165) is 18.2 Å². The van der Waals surface area contributed by atoms with E-state index in [-0.39, 0.29) is 35.1 Å². The van der Waals surface area contributed by atoms with Gasteiger partial charge in [-0.3, -0.25) is 4.79 Å². The van der Waals surface area contributed by atoms with Crippen molar-refractivity contribution in [3.05, 3.63) is 77.1 Å². The molecule has 0 aromatic heterocycles. The van der Waals surface area contributed by atoms with Gasteiger partial charge in [-0.05, 0) is 37.1 Å². The Morgan fingerprint density at radius 2 is 1.64 bits per heavy atom. The second-order valence-corrected chi connectivity index (χ2v) is 7.71. The smallest absolute Gasteiger partial charge is 0.416 e. The first kappa shape index (κ1) is 24.0. The van der Waals surface area contributed by atoms with Crippen molar-refractivity contribution in [3.8, 4) is 5.75 Å². The van der Waals surface area contributed by atoms with Crippen molar-refractivity contribution in [1.29, 1.82) is 0 Å². The summed E-state index contributed by atoms with van der Waals surface area (Å²) in [6, 6.07) is 11.5. The summed E-state index contributed by atoms with van der Waals surface area (Å²) in [6.45, 7) is 2.71. The molecule has 3 aromatic rings. The van der Waals surface area contributed by atoms with E-state index >= 15 is 0 Å². The molecule has 0 saturated carbocycles. The molecule has 0 aliphatic heterocycles. The van der Waals surface area contributed by atoms with Crippen LogP contribution in [-0.2, 0) is 17.6 Å². The number of hydrogen-bond acceptors (Lipinski definition) is 3. The van der Waals surface area contributed by atoms with Gasteiger partial charge in [0.1, 0.15) is 23.7 Å². The van der Waals surface area contributed by atoms with Crippen LogP contribution in [0.15, 0.2) is 54.6 Å². The van der Waals surface area contributed by atoms with Crippen molar-refractivity contribution in [2.75, 3.05) is 0 Å². The predicted molar refractivity (Wildman–Crippen MR) is 113 cm³/mol. The lowest BCUT2D eigenvalue weighted by atomic mass is 9.97. The van der Waals surface area contributed by atoms with Crippen LogP contribution in [0.2, 0.25) is 0 Å². The molecule has 0 aliphatic rings. The first-order valence-electron chi connectivity index (χ1n) is 10.0. The maximum absolute atomic E-state index is 14.7. The molecule has 0 unspecified atom stereocenters. The Balaban J connectivity index is 1.99. The number of carbonyl (C=O) groups excluding carboxylic acids is 1. The van der Waals surface area contributed by atoms with E-state index in [9.17, 15) is 32.3 Å². The molecule has 3 aromatic carbocycles. The Bertz CT molecular complexity index is 1190. The second kappa shape index (κ2) is 9.09. The highest BCUT2D eigenvalue weighted by atomic mass is 19.4. The number of rotatable bonds is 7. The third-order valence-electron chi connectivity index (χ3n) is 5.42. The monoisotopic (exact) mass is 463 g/mol. The number of carboxylic acids is 1. The molecule has 1 atom stereocenters. The zero-order chi connectivity index (χ0) is 24.4. The average molecular weight is 463 g/mol. The van der Waals surface area contributed by atoms with Gasteiger partial charge in [0.05, 0.1) is 11.1 Å². The van der Waals surface area contributed by atoms with Crippen LogP contribution in [0.5, 0.6) is 5.75 Å². The SMILES string of the molecule is CC[C@](C)(NC(=O)c1cc(F)c2ccccc2c1OCc1ccc(C(F)(F)F)cc1)C(=O)O. The number of ether oxygens (including phenoxy) is 1. The maximum Gasteiger partial charge on any atom is 0.416 e. The summed E-state index contributed by atoms with van der Waals surface area (Å²) in [6.07, 6.45) is -4.40. The summed E-state index contributed by atoms with van der Waals surface area (Å²) in [4.78, 5) is 24.6. The zero-order valence-corrected chi connectivity index (χ0v) is 17.8. The van der Waals surface area contributed by atoms with E-state index in [1.165, 1.54) is 31.2 Å². The van der Waals surface area contributed by atoms with Crippen LogP contribution in [0.25, 0.3) is 10.8 Å².